The molecule has 0 radical (unpaired) electrons. The molecule has 94 valence electrons. The second-order valence-corrected chi connectivity index (χ2v) is 6.47. The molecule has 2 atom stereocenters. The normalized spacial score (nSPS) is 18.9. The van der Waals surface area contributed by atoms with Crippen LogP contribution in [0, 0.1) is 0 Å². The highest BCUT2D eigenvalue weighted by atomic mass is 32.2. The molecule has 0 aliphatic heterocycles. The first-order chi connectivity index (χ1) is 8.16. The molecule has 2 unspecified atom stereocenters. The van der Waals surface area contributed by atoms with Gasteiger partial charge in [0, 0.05) is 35.4 Å². The van der Waals surface area contributed by atoms with Gasteiger partial charge in [-0.05, 0) is 36.8 Å². The van der Waals surface area contributed by atoms with Gasteiger partial charge in [0.05, 0.1) is 0 Å². The molecule has 1 aliphatic rings. The summed E-state index contributed by atoms with van der Waals surface area (Å²) in [4.78, 5) is 0. The van der Waals surface area contributed by atoms with Crippen LogP contribution >= 0.6 is 0 Å². The Kier molecular flexibility index (Phi) is 4.35. The third kappa shape index (κ3) is 3.93. The van der Waals surface area contributed by atoms with E-state index in [1.54, 1.807) is 6.26 Å². The molecule has 1 aromatic carbocycles. The number of nitrogens with one attached hydrogen (secondary N) is 1. The molecular weight excluding hydrogens is 230 g/mol. The van der Waals surface area contributed by atoms with Crippen LogP contribution in [0.4, 0.5) is 0 Å². The van der Waals surface area contributed by atoms with Crippen molar-refractivity contribution in [1.82, 2.24) is 5.32 Å². The fraction of sp³-hybridized carbons (Fsp3) is 0.571. The topological polar surface area (TPSA) is 29.1 Å². The molecule has 1 saturated carbocycles. The second kappa shape index (κ2) is 5.78. The maximum absolute atomic E-state index is 11.1. The van der Waals surface area contributed by atoms with Crippen molar-refractivity contribution >= 4 is 10.8 Å². The second-order valence-electron chi connectivity index (χ2n) is 4.99. The van der Waals surface area contributed by atoms with E-state index in [2.05, 4.69) is 36.5 Å². The molecule has 2 nitrogen and oxygen atoms in total. The third-order valence-corrected chi connectivity index (χ3v) is 4.17. The van der Waals surface area contributed by atoms with Crippen LogP contribution in [-0.2, 0) is 17.3 Å². The zero-order valence-corrected chi connectivity index (χ0v) is 11.4. The summed E-state index contributed by atoms with van der Waals surface area (Å²) < 4.78 is 11.1. The zero-order chi connectivity index (χ0) is 12.3. The molecule has 1 N–H and O–H groups in total. The minimum atomic E-state index is -0.718. The summed E-state index contributed by atoms with van der Waals surface area (Å²) in [5.74, 6) is 1.52. The summed E-state index contributed by atoms with van der Waals surface area (Å²) in [6, 6.07) is 8.99. The number of rotatable bonds is 6. The smallest absolute Gasteiger partial charge is 0.0383 e. The van der Waals surface area contributed by atoms with E-state index in [9.17, 15) is 4.21 Å². The lowest BCUT2D eigenvalue weighted by molar-refractivity contribution is 0.585. The van der Waals surface area contributed by atoms with Gasteiger partial charge in [-0.15, -0.1) is 0 Å². The van der Waals surface area contributed by atoms with Gasteiger partial charge < -0.3 is 5.32 Å². The predicted molar refractivity (Wildman–Crippen MR) is 73.7 cm³/mol. The minimum Gasteiger partial charge on any atom is -0.309 e. The van der Waals surface area contributed by atoms with Gasteiger partial charge in [-0.2, -0.15) is 0 Å². The van der Waals surface area contributed by atoms with Gasteiger partial charge in [-0.3, -0.25) is 4.21 Å². The monoisotopic (exact) mass is 251 g/mol. The van der Waals surface area contributed by atoms with Crippen LogP contribution < -0.4 is 5.32 Å². The average molecular weight is 251 g/mol. The van der Waals surface area contributed by atoms with Crippen molar-refractivity contribution in [3.05, 3.63) is 35.4 Å². The lowest BCUT2D eigenvalue weighted by atomic mass is 10.0. The van der Waals surface area contributed by atoms with Crippen molar-refractivity contribution in [3.63, 3.8) is 0 Å². The molecule has 17 heavy (non-hydrogen) atoms. The minimum absolute atomic E-state index is 0.313. The Hall–Kier alpha value is -0.670. The van der Waals surface area contributed by atoms with Gasteiger partial charge in [0.1, 0.15) is 0 Å². The van der Waals surface area contributed by atoms with Crippen LogP contribution in [0.3, 0.4) is 0 Å². The summed E-state index contributed by atoms with van der Waals surface area (Å²) in [5.41, 5.74) is 2.91. The van der Waals surface area contributed by atoms with Gasteiger partial charge in [0.15, 0.2) is 0 Å². The Morgan fingerprint density at radius 2 is 2.12 bits per heavy atom. The summed E-state index contributed by atoms with van der Waals surface area (Å²) >= 11 is 0. The lowest BCUT2D eigenvalue weighted by Crippen LogP contribution is -2.30. The quantitative estimate of drug-likeness (QED) is 0.841. The maximum Gasteiger partial charge on any atom is 0.0383 e. The van der Waals surface area contributed by atoms with Gasteiger partial charge in [-0.25, -0.2) is 0 Å². The van der Waals surface area contributed by atoms with Crippen molar-refractivity contribution in [3.8, 4) is 0 Å². The van der Waals surface area contributed by atoms with Crippen molar-refractivity contribution < 1.29 is 4.21 Å². The first-order valence-electron chi connectivity index (χ1n) is 6.28. The van der Waals surface area contributed by atoms with Crippen molar-refractivity contribution in [2.45, 2.75) is 38.3 Å². The molecule has 3 heteroatoms. The Morgan fingerprint density at radius 3 is 2.76 bits per heavy atom. The Balaban J connectivity index is 1.92. The SMILES string of the molecule is CC(CS(C)=O)NCc1ccccc1C1CC1. The highest BCUT2D eigenvalue weighted by Crippen LogP contribution is 2.41. The van der Waals surface area contributed by atoms with E-state index in [0.717, 1.165) is 18.2 Å². The molecular formula is C14H21NOS. The molecule has 0 heterocycles. The van der Waals surface area contributed by atoms with E-state index >= 15 is 0 Å². The predicted octanol–water partition coefficient (Wildman–Crippen LogP) is 2.42. The van der Waals surface area contributed by atoms with Crippen molar-refractivity contribution in [1.29, 1.82) is 0 Å². The molecule has 0 amide bonds. The molecule has 1 fully saturated rings. The highest BCUT2D eigenvalue weighted by molar-refractivity contribution is 7.84. The van der Waals surface area contributed by atoms with Crippen LogP contribution in [0.5, 0.6) is 0 Å². The number of hydrogen-bond donors (Lipinski definition) is 1. The van der Waals surface area contributed by atoms with Crippen molar-refractivity contribution in [2.24, 2.45) is 0 Å². The molecule has 0 spiro atoms. The van der Waals surface area contributed by atoms with E-state index in [4.69, 9.17) is 0 Å². The molecule has 2 rings (SSSR count). The summed E-state index contributed by atoms with van der Waals surface area (Å²) in [6.07, 6.45) is 4.44. The fourth-order valence-corrected chi connectivity index (χ4v) is 3.00. The van der Waals surface area contributed by atoms with Crippen LogP contribution in [-0.4, -0.2) is 22.3 Å². The van der Waals surface area contributed by atoms with Crippen molar-refractivity contribution in [2.75, 3.05) is 12.0 Å². The Morgan fingerprint density at radius 1 is 1.41 bits per heavy atom. The first kappa shape index (κ1) is 12.8. The molecule has 0 saturated heterocycles. The van der Waals surface area contributed by atoms with Crippen LogP contribution in [0.15, 0.2) is 24.3 Å². The van der Waals surface area contributed by atoms with Crippen LogP contribution in [0.25, 0.3) is 0 Å². The third-order valence-electron chi connectivity index (χ3n) is 3.20. The number of benzene rings is 1. The van der Waals surface area contributed by atoms with Crippen LogP contribution in [0.1, 0.15) is 36.8 Å². The molecule has 0 aromatic heterocycles. The lowest BCUT2D eigenvalue weighted by Gasteiger charge is -2.14. The van der Waals surface area contributed by atoms with E-state index in [1.807, 2.05) is 0 Å². The first-order valence-corrected chi connectivity index (χ1v) is 8.00. The largest absolute Gasteiger partial charge is 0.309 e. The van der Waals surface area contributed by atoms with Gasteiger partial charge in [0.2, 0.25) is 0 Å². The van der Waals surface area contributed by atoms with E-state index in [-0.39, 0.29) is 0 Å². The maximum atomic E-state index is 11.1. The average Bonchev–Trinajstić information content (AvgIpc) is 3.09. The van der Waals surface area contributed by atoms with E-state index in [1.165, 1.54) is 24.0 Å². The van der Waals surface area contributed by atoms with Gasteiger partial charge >= 0.3 is 0 Å². The van der Waals surface area contributed by atoms with Gasteiger partial charge in [-0.1, -0.05) is 24.3 Å². The Labute approximate surface area is 106 Å². The zero-order valence-electron chi connectivity index (χ0n) is 10.6. The van der Waals surface area contributed by atoms with E-state index in [0.29, 0.717) is 6.04 Å². The molecule has 0 bridgehead atoms. The fourth-order valence-electron chi connectivity index (χ4n) is 2.18. The summed E-state index contributed by atoms with van der Waals surface area (Å²) in [6.45, 7) is 2.99. The number of hydrogen-bond acceptors (Lipinski definition) is 2. The molecule has 1 aromatic rings. The standard InChI is InChI=1S/C14H21NOS/c1-11(10-17(2)16)15-9-13-5-3-4-6-14(13)12-7-8-12/h3-6,11-12,15H,7-10H2,1-2H3. The van der Waals surface area contributed by atoms with Gasteiger partial charge in [0.25, 0.3) is 0 Å². The summed E-state index contributed by atoms with van der Waals surface area (Å²) in [7, 11) is -0.718. The Bertz CT molecular complexity index is 401. The summed E-state index contributed by atoms with van der Waals surface area (Å²) in [5, 5.41) is 3.46. The highest BCUT2D eigenvalue weighted by Gasteiger charge is 2.25. The van der Waals surface area contributed by atoms with Crippen LogP contribution in [0.2, 0.25) is 0 Å². The molecule has 1 aliphatic carbocycles. The van der Waals surface area contributed by atoms with E-state index < -0.39 is 10.8 Å².